The van der Waals surface area contributed by atoms with Gasteiger partial charge in [0.15, 0.2) is 0 Å². The van der Waals surface area contributed by atoms with Gasteiger partial charge < -0.3 is 25.0 Å². The van der Waals surface area contributed by atoms with Gasteiger partial charge in [-0.05, 0) is 110 Å². The fourth-order valence-corrected chi connectivity index (χ4v) is 5.24. The zero-order valence-corrected chi connectivity index (χ0v) is 30.5. The summed E-state index contributed by atoms with van der Waals surface area (Å²) in [6.07, 6.45) is 0.911. The lowest BCUT2D eigenvalue weighted by atomic mass is 9.92. The normalized spacial score (nSPS) is 14.4. The number of carbonyl (C=O) groups excluding carboxylic acids is 4. The monoisotopic (exact) mass is 651 g/mol. The molecule has 4 atom stereocenters. The van der Waals surface area contributed by atoms with E-state index in [9.17, 15) is 19.2 Å². The second-order valence-electron chi connectivity index (χ2n) is 14.9. The average molecular weight is 652 g/mol. The smallest absolute Gasteiger partial charge is 0.408 e. The summed E-state index contributed by atoms with van der Waals surface area (Å²) in [5, 5.41) is 5.65. The van der Waals surface area contributed by atoms with Crippen molar-refractivity contribution in [2.24, 2.45) is 5.92 Å². The van der Waals surface area contributed by atoms with Crippen molar-refractivity contribution in [3.63, 3.8) is 0 Å². The molecule has 0 aliphatic rings. The molecule has 0 saturated carbocycles. The van der Waals surface area contributed by atoms with Crippen molar-refractivity contribution in [1.82, 2.24) is 15.5 Å². The van der Waals surface area contributed by atoms with Crippen LogP contribution in [0.4, 0.5) is 4.79 Å². The van der Waals surface area contributed by atoms with E-state index in [-0.39, 0.29) is 6.42 Å². The highest BCUT2D eigenvalue weighted by molar-refractivity contribution is 5.94. The van der Waals surface area contributed by atoms with Crippen LogP contribution in [0.5, 0.6) is 0 Å². The Balaban J connectivity index is 2.67. The van der Waals surface area contributed by atoms with E-state index in [1.165, 1.54) is 0 Å². The molecule has 0 aromatic heterocycles. The predicted molar refractivity (Wildman–Crippen MR) is 186 cm³/mol. The molecule has 0 fully saturated rings. The van der Waals surface area contributed by atoms with Crippen LogP contribution in [-0.2, 0) is 30.3 Å². The molecule has 0 bridgehead atoms. The first kappa shape index (κ1) is 39.3. The van der Waals surface area contributed by atoms with E-state index in [1.54, 1.807) is 53.4 Å². The number of carbonyl (C=O) groups is 4. The van der Waals surface area contributed by atoms with Crippen molar-refractivity contribution in [3.8, 4) is 0 Å². The van der Waals surface area contributed by atoms with Crippen molar-refractivity contribution >= 4 is 23.9 Å². The fourth-order valence-electron chi connectivity index (χ4n) is 5.24. The number of benzene rings is 2. The first-order valence-corrected chi connectivity index (χ1v) is 16.6. The minimum Gasteiger partial charge on any atom is -0.458 e. The molecule has 2 aromatic carbocycles. The number of rotatable bonds is 13. The number of hydrogen-bond donors (Lipinski definition) is 2. The zero-order valence-electron chi connectivity index (χ0n) is 30.5. The number of ether oxygens (including phenoxy) is 2. The van der Waals surface area contributed by atoms with Crippen LogP contribution in [0.1, 0.15) is 110 Å². The van der Waals surface area contributed by atoms with Crippen molar-refractivity contribution in [3.05, 3.63) is 70.8 Å². The summed E-state index contributed by atoms with van der Waals surface area (Å²) < 4.78 is 11.2. The summed E-state index contributed by atoms with van der Waals surface area (Å²) in [5.41, 5.74) is 1.76. The van der Waals surface area contributed by atoms with Gasteiger partial charge in [-0.15, -0.1) is 0 Å². The molecule has 0 spiro atoms. The molecule has 2 rings (SSSR count). The van der Waals surface area contributed by atoms with Gasteiger partial charge in [-0.2, -0.15) is 0 Å². The topological polar surface area (TPSA) is 114 Å². The molecule has 0 heterocycles. The second-order valence-corrected chi connectivity index (χ2v) is 14.9. The van der Waals surface area contributed by atoms with Crippen molar-refractivity contribution in [2.45, 2.75) is 138 Å². The lowest BCUT2D eigenvalue weighted by molar-refractivity contribution is -0.159. The van der Waals surface area contributed by atoms with Crippen LogP contribution < -0.4 is 10.6 Å². The fraction of sp³-hybridized carbons (Fsp3) is 0.579. The van der Waals surface area contributed by atoms with Crippen molar-refractivity contribution in [1.29, 1.82) is 0 Å². The molecule has 0 saturated heterocycles. The van der Waals surface area contributed by atoms with E-state index in [1.807, 2.05) is 69.3 Å². The first-order chi connectivity index (χ1) is 21.7. The highest BCUT2D eigenvalue weighted by atomic mass is 16.6. The van der Waals surface area contributed by atoms with E-state index in [0.29, 0.717) is 17.9 Å². The van der Waals surface area contributed by atoms with E-state index in [4.69, 9.17) is 9.47 Å². The van der Waals surface area contributed by atoms with Crippen LogP contribution in [0.25, 0.3) is 0 Å². The van der Waals surface area contributed by atoms with Gasteiger partial charge in [-0.3, -0.25) is 9.59 Å². The maximum Gasteiger partial charge on any atom is 0.408 e. The predicted octanol–water partition coefficient (Wildman–Crippen LogP) is 6.98. The first-order valence-electron chi connectivity index (χ1n) is 16.6. The number of amides is 3. The van der Waals surface area contributed by atoms with E-state index < -0.39 is 59.2 Å². The van der Waals surface area contributed by atoms with Gasteiger partial charge >= 0.3 is 12.1 Å². The van der Waals surface area contributed by atoms with Gasteiger partial charge in [-0.1, -0.05) is 62.4 Å². The zero-order chi connectivity index (χ0) is 35.7. The summed E-state index contributed by atoms with van der Waals surface area (Å²) >= 11 is 0. The average Bonchev–Trinajstić information content (AvgIpc) is 2.94. The molecule has 4 unspecified atom stereocenters. The minimum atomic E-state index is -1.10. The van der Waals surface area contributed by atoms with Gasteiger partial charge in [0.25, 0.3) is 0 Å². The molecule has 3 amide bonds. The highest BCUT2D eigenvalue weighted by Crippen LogP contribution is 2.31. The Bertz CT molecular complexity index is 1360. The van der Waals surface area contributed by atoms with Crippen LogP contribution in [0, 0.1) is 19.8 Å². The minimum absolute atomic E-state index is 0.203. The summed E-state index contributed by atoms with van der Waals surface area (Å²) in [7, 11) is 0. The van der Waals surface area contributed by atoms with Crippen molar-refractivity contribution in [2.75, 3.05) is 0 Å². The lowest BCUT2D eigenvalue weighted by Gasteiger charge is -2.39. The number of alkyl carbamates (subject to hydrolysis) is 1. The largest absolute Gasteiger partial charge is 0.458 e. The van der Waals surface area contributed by atoms with Crippen LogP contribution >= 0.6 is 0 Å². The molecular weight excluding hydrogens is 594 g/mol. The highest BCUT2D eigenvalue weighted by Gasteiger charge is 2.40. The van der Waals surface area contributed by atoms with Gasteiger partial charge in [0.1, 0.15) is 29.3 Å². The SMILES string of the molecule is Cc1cccc(C(C(=O)NC(Cc2ccccc2)C(=O)OC(C)(C)C)N(C(=O)C(C)NC(=O)OC(C)(C)C)C(C)CCC(C)C)c1C. The molecule has 9 heteroatoms. The third-order valence-corrected chi connectivity index (χ3v) is 7.75. The molecule has 9 nitrogen and oxygen atoms in total. The molecule has 0 aliphatic carbocycles. The van der Waals surface area contributed by atoms with Crippen LogP contribution in [0.3, 0.4) is 0 Å². The summed E-state index contributed by atoms with van der Waals surface area (Å²) in [6, 6.07) is 11.5. The van der Waals surface area contributed by atoms with Crippen LogP contribution in [-0.4, -0.2) is 58.1 Å². The maximum absolute atomic E-state index is 14.7. The van der Waals surface area contributed by atoms with Gasteiger partial charge in [0, 0.05) is 12.5 Å². The van der Waals surface area contributed by atoms with Crippen molar-refractivity contribution < 1.29 is 28.7 Å². The number of aryl methyl sites for hydroxylation is 1. The van der Waals surface area contributed by atoms with Gasteiger partial charge in [0.2, 0.25) is 11.8 Å². The number of nitrogens with one attached hydrogen (secondary N) is 2. The molecule has 0 aliphatic heterocycles. The second kappa shape index (κ2) is 16.8. The van der Waals surface area contributed by atoms with Gasteiger partial charge in [-0.25, -0.2) is 9.59 Å². The number of hydrogen-bond acceptors (Lipinski definition) is 6. The molecule has 2 aromatic rings. The summed E-state index contributed by atoms with van der Waals surface area (Å²) in [4.78, 5) is 57.0. The Morgan fingerprint density at radius 3 is 1.91 bits per heavy atom. The Kier molecular flexibility index (Phi) is 14.0. The maximum atomic E-state index is 14.7. The standard InChI is InChI=1S/C38H57N3O6/c1-24(2)21-22-26(4)41(34(43)28(6)39-36(45)47-38(10,11)12)32(30-20-16-17-25(3)27(30)5)33(42)40-31(35(44)46-37(7,8)9)23-29-18-14-13-15-19-29/h13-20,24,26,28,31-32H,21-23H2,1-12H3,(H,39,45)(H,40,42). The third-order valence-electron chi connectivity index (χ3n) is 7.75. The quantitative estimate of drug-likeness (QED) is 0.226. The Labute approximate surface area is 282 Å². The van der Waals surface area contributed by atoms with E-state index >= 15 is 0 Å². The van der Waals surface area contributed by atoms with E-state index in [0.717, 1.165) is 23.1 Å². The summed E-state index contributed by atoms with van der Waals surface area (Å²) in [5.74, 6) is -1.16. The molecule has 260 valence electrons. The summed E-state index contributed by atoms with van der Waals surface area (Å²) in [6.45, 7) is 22.2. The molecule has 2 N–H and O–H groups in total. The van der Waals surface area contributed by atoms with Crippen LogP contribution in [0.2, 0.25) is 0 Å². The number of esters is 1. The molecule has 47 heavy (non-hydrogen) atoms. The van der Waals surface area contributed by atoms with Gasteiger partial charge in [0.05, 0.1) is 0 Å². The third kappa shape index (κ3) is 12.7. The lowest BCUT2D eigenvalue weighted by Crippen LogP contribution is -2.56. The number of nitrogens with zero attached hydrogens (tertiary/aromatic N) is 1. The Morgan fingerprint density at radius 1 is 0.766 bits per heavy atom. The molecular formula is C38H57N3O6. The Morgan fingerprint density at radius 2 is 1.36 bits per heavy atom. The van der Waals surface area contributed by atoms with E-state index in [2.05, 4.69) is 24.5 Å². The molecule has 0 radical (unpaired) electrons. The van der Waals surface area contributed by atoms with Crippen LogP contribution in [0.15, 0.2) is 48.5 Å². The Hall–Kier alpha value is -3.88.